The number of aryl methyl sites for hydroxylation is 2. The number of nitrogens with zero attached hydrogens (tertiary/aromatic N) is 6. The second kappa shape index (κ2) is 8.23. The maximum atomic E-state index is 6.49. The van der Waals surface area contributed by atoms with Gasteiger partial charge in [0.25, 0.3) is 0 Å². The van der Waals surface area contributed by atoms with Crippen LogP contribution in [0.4, 0.5) is 11.6 Å². The third kappa shape index (κ3) is 3.02. The SMILES string of the molecule is C=C1c2c(C)nn(-c3cccc(Cl)c3)c2N(C)C23C[C@H]1C1(C)c4c(C)nn(-c5cccc(Cl)c5)c4N(C)C(C)(C[C@H]12)C3. The summed E-state index contributed by atoms with van der Waals surface area (Å²) in [7, 11) is 4.57. The van der Waals surface area contributed by atoms with Crippen LogP contribution >= 0.6 is 23.2 Å². The Balaban J connectivity index is 1.41. The van der Waals surface area contributed by atoms with Crippen molar-refractivity contribution in [3.8, 4) is 11.4 Å². The van der Waals surface area contributed by atoms with Gasteiger partial charge < -0.3 is 9.80 Å². The molecule has 42 heavy (non-hydrogen) atoms. The van der Waals surface area contributed by atoms with Gasteiger partial charge in [0.2, 0.25) is 0 Å². The molecule has 2 saturated carbocycles. The lowest BCUT2D eigenvalue weighted by Crippen LogP contribution is -2.53. The molecular weight excluding hydrogens is 563 g/mol. The fourth-order valence-corrected chi connectivity index (χ4v) is 10.1. The van der Waals surface area contributed by atoms with E-state index in [4.69, 9.17) is 40.0 Å². The topological polar surface area (TPSA) is 42.1 Å². The van der Waals surface area contributed by atoms with Crippen LogP contribution in [0.1, 0.15) is 55.6 Å². The van der Waals surface area contributed by atoms with Gasteiger partial charge >= 0.3 is 0 Å². The Kier molecular flexibility index (Phi) is 5.18. The van der Waals surface area contributed by atoms with Crippen molar-refractivity contribution < 1.29 is 0 Å². The van der Waals surface area contributed by atoms with Crippen molar-refractivity contribution in [2.45, 2.75) is 63.5 Å². The summed E-state index contributed by atoms with van der Waals surface area (Å²) >= 11 is 13.0. The summed E-state index contributed by atoms with van der Waals surface area (Å²) in [4.78, 5) is 5.12. The van der Waals surface area contributed by atoms with Gasteiger partial charge in [0.15, 0.2) is 0 Å². The van der Waals surface area contributed by atoms with Crippen molar-refractivity contribution in [1.82, 2.24) is 19.6 Å². The van der Waals surface area contributed by atoms with E-state index in [1.807, 2.05) is 36.4 Å². The van der Waals surface area contributed by atoms with E-state index in [1.54, 1.807) is 0 Å². The zero-order valence-corrected chi connectivity index (χ0v) is 26.6. The molecule has 5 atom stereocenters. The number of anilines is 2. The number of allylic oxidation sites excluding steroid dienone is 1. The maximum absolute atomic E-state index is 6.49. The van der Waals surface area contributed by atoms with Crippen molar-refractivity contribution in [2.24, 2.45) is 11.8 Å². The Labute approximate surface area is 257 Å². The normalized spacial score (nSPS) is 30.8. The van der Waals surface area contributed by atoms with Crippen molar-refractivity contribution in [3.05, 3.63) is 87.7 Å². The lowest BCUT2D eigenvalue weighted by atomic mass is 9.64. The first kappa shape index (κ1) is 26.4. The fraction of sp³-hybridized carbons (Fsp3) is 0.412. The van der Waals surface area contributed by atoms with Crippen LogP contribution in [-0.4, -0.2) is 44.7 Å². The van der Waals surface area contributed by atoms with Crippen LogP contribution in [0.25, 0.3) is 16.9 Å². The summed E-state index contributed by atoms with van der Waals surface area (Å²) < 4.78 is 4.24. The number of halogens is 2. The Morgan fingerprint density at radius 3 is 2.05 bits per heavy atom. The number of aromatic nitrogens is 4. The van der Waals surface area contributed by atoms with E-state index in [2.05, 4.69) is 73.1 Å². The minimum atomic E-state index is -0.160. The minimum absolute atomic E-state index is 0.0678. The van der Waals surface area contributed by atoms with Crippen LogP contribution < -0.4 is 9.80 Å². The van der Waals surface area contributed by atoms with Crippen molar-refractivity contribution in [2.75, 3.05) is 23.9 Å². The molecule has 2 aromatic carbocycles. The lowest BCUT2D eigenvalue weighted by Gasteiger charge is -2.47. The van der Waals surface area contributed by atoms with Crippen LogP contribution in [0.15, 0.2) is 55.1 Å². The molecule has 2 aliphatic carbocycles. The highest BCUT2D eigenvalue weighted by atomic mass is 35.5. The van der Waals surface area contributed by atoms with E-state index in [1.165, 1.54) is 22.5 Å². The Morgan fingerprint density at radius 2 is 1.43 bits per heavy atom. The molecule has 4 heterocycles. The largest absolute Gasteiger partial charge is 0.354 e. The van der Waals surface area contributed by atoms with Crippen LogP contribution in [-0.2, 0) is 5.41 Å². The smallest absolute Gasteiger partial charge is 0.140 e. The van der Waals surface area contributed by atoms with E-state index in [0.717, 1.165) is 47.8 Å². The zero-order chi connectivity index (χ0) is 29.5. The Bertz CT molecular complexity index is 1840. The molecule has 4 aliphatic rings. The lowest BCUT2D eigenvalue weighted by molar-refractivity contribution is 0.259. The standard InChI is InChI=1S/C34H36Cl2N6/c1-19-26-16-34(40(7)30-28(19)20(2)37-41(30)24-12-8-10-22(35)14-24)18-32(4)17-27(34)33(26,5)29-21(3)38-42(31(29)39(32)6)25-13-9-11-23(36)15-25/h8-15,26-27H,1,16-18H2,2-7H3/t26-,27-,32?,33?,34?/m1/s1. The van der Waals surface area contributed by atoms with Crippen LogP contribution in [0.2, 0.25) is 10.0 Å². The van der Waals surface area contributed by atoms with E-state index < -0.39 is 0 Å². The summed E-state index contributed by atoms with van der Waals surface area (Å²) in [6.07, 6.45) is 3.19. The third-order valence-electron chi connectivity index (χ3n) is 11.6. The number of hydrogen-bond acceptors (Lipinski definition) is 4. The average Bonchev–Trinajstić information content (AvgIpc) is 3.62. The molecule has 8 heteroatoms. The first-order chi connectivity index (χ1) is 19.9. The number of benzene rings is 2. The molecule has 4 aromatic rings. The first-order valence-electron chi connectivity index (χ1n) is 14.8. The van der Waals surface area contributed by atoms with Gasteiger partial charge in [0.1, 0.15) is 11.6 Å². The molecule has 3 unspecified atom stereocenters. The predicted octanol–water partition coefficient (Wildman–Crippen LogP) is 7.78. The summed E-state index contributed by atoms with van der Waals surface area (Å²) in [5.74, 6) is 2.96. The zero-order valence-electron chi connectivity index (χ0n) is 25.0. The van der Waals surface area contributed by atoms with Crippen molar-refractivity contribution in [3.63, 3.8) is 0 Å². The summed E-state index contributed by atoms with van der Waals surface area (Å²) in [5, 5.41) is 11.8. The van der Waals surface area contributed by atoms with E-state index in [9.17, 15) is 0 Å². The molecule has 0 N–H and O–H groups in total. The highest BCUT2D eigenvalue weighted by Crippen LogP contribution is 2.73. The molecule has 6 nitrogen and oxygen atoms in total. The molecule has 2 fully saturated rings. The molecule has 2 aromatic heterocycles. The molecule has 0 amide bonds. The van der Waals surface area contributed by atoms with Gasteiger partial charge in [-0.15, -0.1) is 0 Å². The van der Waals surface area contributed by atoms with Crippen molar-refractivity contribution >= 4 is 40.4 Å². The van der Waals surface area contributed by atoms with Gasteiger partial charge in [-0.25, -0.2) is 9.36 Å². The number of fused-ring (bicyclic) bond motifs is 6. The minimum Gasteiger partial charge on any atom is -0.354 e. The second-order valence-corrected chi connectivity index (χ2v) is 14.4. The number of rotatable bonds is 2. The molecule has 8 rings (SSSR count). The number of hydrogen-bond donors (Lipinski definition) is 0. The Hall–Kier alpha value is -3.22. The molecule has 1 spiro atoms. The summed E-state index contributed by atoms with van der Waals surface area (Å²) in [6.45, 7) is 14.1. The molecule has 4 bridgehead atoms. The van der Waals surface area contributed by atoms with E-state index in [0.29, 0.717) is 16.0 Å². The monoisotopic (exact) mass is 598 g/mol. The van der Waals surface area contributed by atoms with Crippen LogP contribution in [0.3, 0.4) is 0 Å². The molecule has 216 valence electrons. The van der Waals surface area contributed by atoms with Gasteiger partial charge in [0, 0.05) is 51.8 Å². The summed E-state index contributed by atoms with van der Waals surface area (Å²) in [6, 6.07) is 16.1. The molecule has 0 saturated heterocycles. The van der Waals surface area contributed by atoms with Crippen LogP contribution in [0, 0.1) is 25.7 Å². The van der Waals surface area contributed by atoms with Gasteiger partial charge in [-0.2, -0.15) is 10.2 Å². The van der Waals surface area contributed by atoms with Gasteiger partial charge in [-0.3, -0.25) is 0 Å². The van der Waals surface area contributed by atoms with Crippen molar-refractivity contribution in [1.29, 1.82) is 0 Å². The second-order valence-electron chi connectivity index (χ2n) is 13.6. The highest BCUT2D eigenvalue weighted by Gasteiger charge is 2.73. The quantitative estimate of drug-likeness (QED) is 0.236. The third-order valence-corrected chi connectivity index (χ3v) is 12.0. The Morgan fingerprint density at radius 1 is 0.833 bits per heavy atom. The molecule has 0 radical (unpaired) electrons. The highest BCUT2D eigenvalue weighted by molar-refractivity contribution is 6.31. The summed E-state index contributed by atoms with van der Waals surface area (Å²) in [5.41, 5.74) is 7.47. The van der Waals surface area contributed by atoms with Gasteiger partial charge in [0.05, 0.1) is 22.8 Å². The average molecular weight is 600 g/mol. The molecular formula is C34H36Cl2N6. The van der Waals surface area contributed by atoms with E-state index >= 15 is 0 Å². The fourth-order valence-electron chi connectivity index (χ4n) is 9.73. The van der Waals surface area contributed by atoms with E-state index in [-0.39, 0.29) is 22.4 Å². The predicted molar refractivity (Wildman–Crippen MR) is 172 cm³/mol. The van der Waals surface area contributed by atoms with Gasteiger partial charge in [-0.1, -0.05) is 48.8 Å². The van der Waals surface area contributed by atoms with Crippen LogP contribution in [0.5, 0.6) is 0 Å². The maximum Gasteiger partial charge on any atom is 0.140 e. The molecule has 2 aliphatic heterocycles. The van der Waals surface area contributed by atoms with Gasteiger partial charge in [-0.05, 0) is 93.8 Å². The first-order valence-corrected chi connectivity index (χ1v) is 15.5.